The second-order valence-electron chi connectivity index (χ2n) is 6.15. The van der Waals surface area contributed by atoms with Crippen LogP contribution in [0.3, 0.4) is 0 Å². The molecule has 1 heterocycles. The lowest BCUT2D eigenvalue weighted by Crippen LogP contribution is -2.41. The molecule has 1 aliphatic heterocycles. The lowest BCUT2D eigenvalue weighted by atomic mass is 10.2. The monoisotopic (exact) mass is 493 g/mol. The third kappa shape index (κ3) is 5.55. The Bertz CT molecular complexity index is 1080. The molecule has 0 aliphatic carbocycles. The van der Waals surface area contributed by atoms with Gasteiger partial charge in [-0.25, -0.2) is 9.59 Å². The first-order chi connectivity index (χ1) is 14.4. The number of nitrogens with one attached hydrogen (secondary N) is 1. The molecule has 0 bridgehead atoms. The van der Waals surface area contributed by atoms with Gasteiger partial charge in [-0.1, -0.05) is 80.6 Å². The zero-order chi connectivity index (χ0) is 21.6. The molecule has 0 saturated carbocycles. The number of esters is 1. The van der Waals surface area contributed by atoms with E-state index in [1.54, 1.807) is 59.3 Å². The zero-order valence-corrected chi connectivity index (χ0v) is 18.0. The van der Waals surface area contributed by atoms with Crippen LogP contribution in [0, 0.1) is 0 Å². The van der Waals surface area contributed by atoms with Gasteiger partial charge in [-0.05, 0) is 11.1 Å². The van der Waals surface area contributed by atoms with E-state index in [0.29, 0.717) is 9.54 Å². The van der Waals surface area contributed by atoms with Crippen LogP contribution in [0.5, 0.6) is 0 Å². The van der Waals surface area contributed by atoms with Crippen LogP contribution in [0.1, 0.15) is 11.1 Å². The summed E-state index contributed by atoms with van der Waals surface area (Å²) >= 11 is 3.22. The standard InChI is InChI=1S/C20H17BrN2O6S/c21-17-11-12-23(18(17)19(24)28-13-15-7-3-1-4-8-15)30(26,27)22-20(25)29-14-16-9-5-2-6-10-16/h1-12,17H,13-14H2/p+1. The number of nitrogens with zero attached hydrogens (tertiary/aromatic N) is 1. The molecule has 30 heavy (non-hydrogen) atoms. The Hall–Kier alpha value is -2.98. The summed E-state index contributed by atoms with van der Waals surface area (Å²) in [4.78, 5) is 23.8. The van der Waals surface area contributed by atoms with Crippen LogP contribution in [0.2, 0.25) is 0 Å². The Kier molecular flexibility index (Phi) is 7.01. The van der Waals surface area contributed by atoms with Crippen LogP contribution in [-0.2, 0) is 37.7 Å². The van der Waals surface area contributed by atoms with Gasteiger partial charge in [0.25, 0.3) is 0 Å². The fourth-order valence-electron chi connectivity index (χ4n) is 2.56. The smallest absolute Gasteiger partial charge is 0.453 e. The third-order valence-electron chi connectivity index (χ3n) is 3.99. The van der Waals surface area contributed by atoms with E-state index in [9.17, 15) is 18.0 Å². The molecule has 2 aromatic rings. The van der Waals surface area contributed by atoms with Crippen molar-refractivity contribution in [2.75, 3.05) is 0 Å². The molecule has 8 nitrogen and oxygen atoms in total. The molecule has 156 valence electrons. The summed E-state index contributed by atoms with van der Waals surface area (Å²) in [5.74, 6) is -0.839. The van der Waals surface area contributed by atoms with Gasteiger partial charge >= 0.3 is 28.0 Å². The van der Waals surface area contributed by atoms with Gasteiger partial charge in [0.2, 0.25) is 0 Å². The number of alkyl halides is 1. The van der Waals surface area contributed by atoms with E-state index in [1.165, 1.54) is 6.08 Å². The molecule has 0 aromatic heterocycles. The summed E-state index contributed by atoms with van der Waals surface area (Å²) in [6, 6.07) is 17.8. The summed E-state index contributed by atoms with van der Waals surface area (Å²) in [5.41, 5.74) is 1.25. The van der Waals surface area contributed by atoms with Crippen molar-refractivity contribution in [1.82, 2.24) is 4.72 Å². The minimum atomic E-state index is -4.42. The van der Waals surface area contributed by atoms with Gasteiger partial charge in [0.05, 0.1) is 0 Å². The highest BCUT2D eigenvalue weighted by Crippen LogP contribution is 2.16. The number of benzene rings is 2. The number of hydrogen-bond donors (Lipinski definition) is 1. The van der Waals surface area contributed by atoms with Crippen molar-refractivity contribution in [3.63, 3.8) is 0 Å². The first-order valence-electron chi connectivity index (χ1n) is 8.80. The topological polar surface area (TPSA) is 102 Å². The normalized spacial score (nSPS) is 15.7. The van der Waals surface area contributed by atoms with E-state index >= 15 is 0 Å². The van der Waals surface area contributed by atoms with Crippen LogP contribution in [0.4, 0.5) is 4.79 Å². The Morgan fingerprint density at radius 1 is 0.933 bits per heavy atom. The minimum absolute atomic E-state index is 0.0245. The van der Waals surface area contributed by atoms with E-state index in [1.807, 2.05) is 6.07 Å². The van der Waals surface area contributed by atoms with Crippen LogP contribution < -0.4 is 4.72 Å². The van der Waals surface area contributed by atoms with Gasteiger partial charge in [-0.15, -0.1) is 8.42 Å². The molecule has 3 rings (SSSR count). The average Bonchev–Trinajstić information content (AvgIpc) is 3.14. The van der Waals surface area contributed by atoms with Crippen LogP contribution in [-0.4, -0.2) is 35.0 Å². The van der Waals surface area contributed by atoms with Crippen molar-refractivity contribution in [1.29, 1.82) is 0 Å². The Morgan fingerprint density at radius 3 is 2.03 bits per heavy atom. The molecule has 0 spiro atoms. The maximum absolute atomic E-state index is 12.6. The molecule has 2 aromatic carbocycles. The van der Waals surface area contributed by atoms with Crippen molar-refractivity contribution < 1.29 is 31.5 Å². The van der Waals surface area contributed by atoms with Crippen molar-refractivity contribution in [2.45, 2.75) is 18.0 Å². The van der Waals surface area contributed by atoms with E-state index in [0.717, 1.165) is 11.8 Å². The molecule has 10 heteroatoms. The number of rotatable bonds is 7. The summed E-state index contributed by atoms with van der Waals surface area (Å²) in [6.07, 6.45) is 1.43. The van der Waals surface area contributed by atoms with Crippen molar-refractivity contribution >= 4 is 43.9 Å². The fraction of sp³-hybridized carbons (Fsp3) is 0.150. The number of hydrogen-bond acceptors (Lipinski definition) is 6. The Labute approximate surface area is 182 Å². The molecule has 1 N–H and O–H groups in total. The van der Waals surface area contributed by atoms with Gasteiger partial charge in [0.1, 0.15) is 18.0 Å². The summed E-state index contributed by atoms with van der Waals surface area (Å²) in [7, 11) is -4.42. The number of halogens is 1. The second kappa shape index (κ2) is 9.68. The number of carbonyl (C=O) groups is 2. The minimum Gasteiger partial charge on any atom is -0.453 e. The number of allylic oxidation sites excluding steroid dienone is 1. The van der Waals surface area contributed by atoms with Crippen molar-refractivity contribution in [3.05, 3.63) is 84.1 Å². The van der Waals surface area contributed by atoms with E-state index in [2.05, 4.69) is 15.9 Å². The maximum Gasteiger partial charge on any atom is 0.475 e. The van der Waals surface area contributed by atoms with E-state index in [-0.39, 0.29) is 18.9 Å². The Morgan fingerprint density at radius 2 is 1.47 bits per heavy atom. The van der Waals surface area contributed by atoms with Gasteiger partial charge in [-0.3, -0.25) is 0 Å². The maximum atomic E-state index is 12.6. The molecule has 1 amide bonds. The molecular weight excluding hydrogens is 476 g/mol. The van der Waals surface area contributed by atoms with Crippen LogP contribution in [0.25, 0.3) is 0 Å². The molecule has 1 unspecified atom stereocenters. The molecule has 1 atom stereocenters. The highest BCUT2D eigenvalue weighted by molar-refractivity contribution is 9.10. The van der Waals surface area contributed by atoms with Crippen molar-refractivity contribution in [2.24, 2.45) is 0 Å². The summed E-state index contributed by atoms with van der Waals surface area (Å²) in [6.45, 7) is -0.127. The zero-order valence-electron chi connectivity index (χ0n) is 15.6. The van der Waals surface area contributed by atoms with Crippen LogP contribution >= 0.6 is 15.9 Å². The SMILES string of the molecule is O=C(NS(=O)(=O)[N+]1=C(C(=O)OCc2ccccc2)C(Br)C=C1)OCc1ccccc1. The van der Waals surface area contributed by atoms with Gasteiger partial charge < -0.3 is 9.47 Å². The average molecular weight is 494 g/mol. The number of amides is 1. The van der Waals surface area contributed by atoms with E-state index < -0.39 is 27.1 Å². The highest BCUT2D eigenvalue weighted by Gasteiger charge is 2.42. The molecule has 1 aliphatic rings. The lowest BCUT2D eigenvalue weighted by molar-refractivity contribution is -0.279. The number of carbonyl (C=O) groups excluding carboxylic acids is 2. The molecule has 0 saturated heterocycles. The molecule has 0 fully saturated rings. The largest absolute Gasteiger partial charge is 0.475 e. The fourth-order valence-corrected chi connectivity index (χ4v) is 4.29. The first kappa shape index (κ1) is 21.7. The first-order valence-corrected chi connectivity index (χ1v) is 11.2. The molecule has 0 radical (unpaired) electrons. The summed E-state index contributed by atoms with van der Waals surface area (Å²) in [5, 5.41) is 0. The van der Waals surface area contributed by atoms with Gasteiger partial charge in [-0.2, -0.15) is 4.72 Å². The third-order valence-corrected chi connectivity index (χ3v) is 5.99. The molecular formula is C20H18BrN2O6S+. The Balaban J connectivity index is 1.68. The predicted molar refractivity (Wildman–Crippen MR) is 112 cm³/mol. The summed E-state index contributed by atoms with van der Waals surface area (Å²) < 4.78 is 37.8. The van der Waals surface area contributed by atoms with Crippen molar-refractivity contribution in [3.8, 4) is 0 Å². The lowest BCUT2D eigenvalue weighted by Gasteiger charge is -2.07. The second-order valence-corrected chi connectivity index (χ2v) is 8.69. The van der Waals surface area contributed by atoms with E-state index in [4.69, 9.17) is 9.47 Å². The van der Waals surface area contributed by atoms with Gasteiger partial charge in [0.15, 0.2) is 6.20 Å². The quantitative estimate of drug-likeness (QED) is 0.361. The van der Waals surface area contributed by atoms with Crippen LogP contribution in [0.15, 0.2) is 72.9 Å². The van der Waals surface area contributed by atoms with Gasteiger partial charge in [0, 0.05) is 6.08 Å². The highest BCUT2D eigenvalue weighted by atomic mass is 79.9. The predicted octanol–water partition coefficient (Wildman–Crippen LogP) is 2.65. The number of ether oxygens (including phenoxy) is 2.